The molecule has 0 radical (unpaired) electrons. The van der Waals surface area contributed by atoms with Crippen LogP contribution in [0.25, 0.3) is 0 Å². The fraction of sp³-hybridized carbons (Fsp3) is 0.805. The van der Waals surface area contributed by atoms with Gasteiger partial charge in [-0.05, 0) is 109 Å². The maximum atomic E-state index is 12.9. The molecular formula is C77H138O6. The van der Waals surface area contributed by atoms with Gasteiger partial charge in [-0.2, -0.15) is 0 Å². The highest BCUT2D eigenvalue weighted by molar-refractivity contribution is 5.71. The Morgan fingerprint density at radius 1 is 0.241 bits per heavy atom. The van der Waals surface area contributed by atoms with E-state index >= 15 is 0 Å². The van der Waals surface area contributed by atoms with Gasteiger partial charge < -0.3 is 14.2 Å². The highest BCUT2D eigenvalue weighted by Crippen LogP contribution is 2.18. The van der Waals surface area contributed by atoms with E-state index in [1.807, 2.05) is 0 Å². The van der Waals surface area contributed by atoms with Crippen molar-refractivity contribution in [2.75, 3.05) is 13.2 Å². The van der Waals surface area contributed by atoms with E-state index in [0.29, 0.717) is 19.3 Å². The number of unbranched alkanes of at least 4 members (excludes halogenated alkanes) is 44. The Hall–Kier alpha value is -3.15. The summed E-state index contributed by atoms with van der Waals surface area (Å²) in [7, 11) is 0. The number of esters is 3. The maximum absolute atomic E-state index is 12.9. The van der Waals surface area contributed by atoms with Crippen molar-refractivity contribution in [2.45, 2.75) is 386 Å². The third-order valence-electron chi connectivity index (χ3n) is 16.2. The second kappa shape index (κ2) is 71.3. The third kappa shape index (κ3) is 69.5. The molecule has 83 heavy (non-hydrogen) atoms. The minimum absolute atomic E-state index is 0.0756. The molecule has 1 atom stereocenters. The average Bonchev–Trinajstić information content (AvgIpc) is 3.48. The van der Waals surface area contributed by atoms with Crippen molar-refractivity contribution >= 4 is 17.9 Å². The molecule has 0 amide bonds. The van der Waals surface area contributed by atoms with Crippen molar-refractivity contribution in [3.8, 4) is 0 Å². The Labute approximate surface area is 516 Å². The lowest BCUT2D eigenvalue weighted by Crippen LogP contribution is -2.30. The fourth-order valence-corrected chi connectivity index (χ4v) is 10.6. The van der Waals surface area contributed by atoms with Crippen LogP contribution in [0.2, 0.25) is 0 Å². The lowest BCUT2D eigenvalue weighted by molar-refractivity contribution is -0.167. The Balaban J connectivity index is 4.17. The van der Waals surface area contributed by atoms with Gasteiger partial charge in [-0.1, -0.05) is 325 Å². The van der Waals surface area contributed by atoms with Gasteiger partial charge in [0.25, 0.3) is 0 Å². The van der Waals surface area contributed by atoms with E-state index in [-0.39, 0.29) is 31.1 Å². The van der Waals surface area contributed by atoms with Gasteiger partial charge in [-0.3, -0.25) is 14.4 Å². The van der Waals surface area contributed by atoms with Gasteiger partial charge in [0.15, 0.2) is 6.10 Å². The number of carbonyl (C=O) groups is 3. The van der Waals surface area contributed by atoms with Crippen LogP contribution in [0.3, 0.4) is 0 Å². The Morgan fingerprint density at radius 2 is 0.446 bits per heavy atom. The van der Waals surface area contributed by atoms with E-state index < -0.39 is 6.10 Å². The summed E-state index contributed by atoms with van der Waals surface area (Å²) in [5.41, 5.74) is 0. The highest BCUT2D eigenvalue weighted by Gasteiger charge is 2.19. The van der Waals surface area contributed by atoms with Crippen LogP contribution in [0, 0.1) is 0 Å². The SMILES string of the molecule is CCCC/C=C\CCCCCCCC(=O)OCC(COC(=O)CCCCCCCCCCCCCCCCCC/C=C\C/C=C\C/C=C\CCCCCCC)OC(=O)CCCCCCCCCCCCC/C=C\C/C=C\CCCCCCC. The van der Waals surface area contributed by atoms with Crippen molar-refractivity contribution in [3.63, 3.8) is 0 Å². The van der Waals surface area contributed by atoms with Gasteiger partial charge in [-0.25, -0.2) is 0 Å². The molecule has 0 aliphatic rings. The number of hydrogen-bond donors (Lipinski definition) is 0. The minimum Gasteiger partial charge on any atom is -0.462 e. The number of rotatable bonds is 67. The second-order valence-corrected chi connectivity index (χ2v) is 24.5. The van der Waals surface area contributed by atoms with Gasteiger partial charge in [-0.15, -0.1) is 0 Å². The zero-order chi connectivity index (χ0) is 59.9. The van der Waals surface area contributed by atoms with Gasteiger partial charge >= 0.3 is 17.9 Å². The lowest BCUT2D eigenvalue weighted by atomic mass is 10.0. The quantitative estimate of drug-likeness (QED) is 0.0261. The summed E-state index contributed by atoms with van der Waals surface area (Å²) in [5.74, 6) is -0.868. The van der Waals surface area contributed by atoms with Crippen LogP contribution in [0.4, 0.5) is 0 Å². The molecule has 6 nitrogen and oxygen atoms in total. The van der Waals surface area contributed by atoms with Gasteiger partial charge in [0.2, 0.25) is 0 Å². The Kier molecular flexibility index (Phi) is 68.6. The van der Waals surface area contributed by atoms with Gasteiger partial charge in [0.1, 0.15) is 13.2 Å². The summed E-state index contributed by atoms with van der Waals surface area (Å²) in [6.07, 6.45) is 93.7. The normalized spacial score (nSPS) is 12.5. The Bertz CT molecular complexity index is 1520. The van der Waals surface area contributed by atoms with Crippen molar-refractivity contribution in [1.82, 2.24) is 0 Å². The van der Waals surface area contributed by atoms with E-state index in [4.69, 9.17) is 14.2 Å². The van der Waals surface area contributed by atoms with Crippen LogP contribution in [-0.4, -0.2) is 37.2 Å². The number of hydrogen-bond acceptors (Lipinski definition) is 6. The molecule has 0 saturated heterocycles. The number of carbonyl (C=O) groups excluding carboxylic acids is 3. The molecule has 0 saturated carbocycles. The third-order valence-corrected chi connectivity index (χ3v) is 16.2. The predicted octanol–water partition coefficient (Wildman–Crippen LogP) is 25.2. The fourth-order valence-electron chi connectivity index (χ4n) is 10.6. The molecule has 0 spiro atoms. The molecule has 0 heterocycles. The molecule has 0 aromatic carbocycles. The first-order valence-corrected chi connectivity index (χ1v) is 36.4. The molecule has 0 N–H and O–H groups in total. The molecule has 0 bridgehead atoms. The molecule has 1 unspecified atom stereocenters. The lowest BCUT2D eigenvalue weighted by Gasteiger charge is -2.18. The predicted molar refractivity (Wildman–Crippen MR) is 362 cm³/mol. The van der Waals surface area contributed by atoms with E-state index in [2.05, 4.69) is 93.7 Å². The van der Waals surface area contributed by atoms with Crippen LogP contribution in [0.15, 0.2) is 72.9 Å². The van der Waals surface area contributed by atoms with Crippen LogP contribution in [-0.2, 0) is 28.6 Å². The first-order chi connectivity index (χ1) is 41.0. The van der Waals surface area contributed by atoms with E-state index in [1.165, 1.54) is 257 Å². The maximum Gasteiger partial charge on any atom is 0.306 e. The standard InChI is InChI=1S/C77H138O6/c1-4-7-10-13-16-19-22-24-26-28-30-32-34-35-36-37-38-39-40-41-43-44-46-48-50-52-55-58-61-64-67-70-76(79)82-73-74(72-81-75(78)69-66-63-60-57-54-21-18-15-12-9-6-3)83-77(80)71-68-65-62-59-56-53-51-49-47-45-42-33-31-29-27-25-23-20-17-14-11-8-5-2/h15,18,22-25,28-31,34-35,74H,4-14,16-17,19-21,26-27,32-33,36-73H2,1-3H3/b18-15-,24-22-,25-23-,30-28-,31-29-,35-34-. The zero-order valence-electron chi connectivity index (χ0n) is 55.5. The molecule has 482 valence electrons. The first-order valence-electron chi connectivity index (χ1n) is 36.4. The van der Waals surface area contributed by atoms with Crippen LogP contribution < -0.4 is 0 Å². The Morgan fingerprint density at radius 3 is 0.723 bits per heavy atom. The van der Waals surface area contributed by atoms with E-state index in [0.717, 1.165) is 83.5 Å². The average molecular weight is 1160 g/mol. The smallest absolute Gasteiger partial charge is 0.306 e. The summed E-state index contributed by atoms with van der Waals surface area (Å²) in [6.45, 7) is 6.62. The number of ether oxygens (including phenoxy) is 3. The molecule has 6 heteroatoms. The summed E-state index contributed by atoms with van der Waals surface area (Å²) in [4.78, 5) is 38.4. The highest BCUT2D eigenvalue weighted by atomic mass is 16.6. The van der Waals surface area contributed by atoms with Crippen molar-refractivity contribution in [1.29, 1.82) is 0 Å². The van der Waals surface area contributed by atoms with E-state index in [9.17, 15) is 14.4 Å². The topological polar surface area (TPSA) is 78.9 Å². The molecular weight excluding hydrogens is 1020 g/mol. The molecule has 0 aromatic heterocycles. The first kappa shape index (κ1) is 79.8. The number of allylic oxidation sites excluding steroid dienone is 12. The molecule has 0 rings (SSSR count). The summed E-state index contributed by atoms with van der Waals surface area (Å²) in [6, 6.07) is 0. The van der Waals surface area contributed by atoms with Crippen molar-refractivity contribution in [3.05, 3.63) is 72.9 Å². The van der Waals surface area contributed by atoms with Gasteiger partial charge in [0.05, 0.1) is 0 Å². The van der Waals surface area contributed by atoms with E-state index in [1.54, 1.807) is 0 Å². The molecule has 0 fully saturated rings. The van der Waals surface area contributed by atoms with Crippen LogP contribution in [0.1, 0.15) is 380 Å². The zero-order valence-corrected chi connectivity index (χ0v) is 55.5. The summed E-state index contributed by atoms with van der Waals surface area (Å²) < 4.78 is 17.0. The monoisotopic (exact) mass is 1160 g/mol. The van der Waals surface area contributed by atoms with Gasteiger partial charge in [0, 0.05) is 19.3 Å². The molecule has 0 aliphatic heterocycles. The van der Waals surface area contributed by atoms with Crippen LogP contribution >= 0.6 is 0 Å². The van der Waals surface area contributed by atoms with Crippen molar-refractivity contribution < 1.29 is 28.6 Å². The van der Waals surface area contributed by atoms with Crippen LogP contribution in [0.5, 0.6) is 0 Å². The summed E-state index contributed by atoms with van der Waals surface area (Å²) in [5, 5.41) is 0. The van der Waals surface area contributed by atoms with Crippen molar-refractivity contribution in [2.24, 2.45) is 0 Å². The minimum atomic E-state index is -0.780. The summed E-state index contributed by atoms with van der Waals surface area (Å²) >= 11 is 0. The molecule has 0 aromatic rings. The molecule has 0 aliphatic carbocycles. The second-order valence-electron chi connectivity index (χ2n) is 24.5. The largest absolute Gasteiger partial charge is 0.462 e.